The Kier molecular flexibility index (Phi) is 9.50. The number of aromatic nitrogens is 1. The number of nitrogens with zero attached hydrogens (tertiary/aromatic N) is 2. The average Bonchev–Trinajstić information content (AvgIpc) is 2.74. The smallest absolute Gasteiger partial charge is 0.410 e. The van der Waals surface area contributed by atoms with E-state index in [9.17, 15) is 9.59 Å². The maximum Gasteiger partial charge on any atom is 0.410 e. The minimum absolute atomic E-state index is 0.0316. The van der Waals surface area contributed by atoms with Crippen molar-refractivity contribution >= 4 is 12.0 Å². The fraction of sp³-hybridized carbons (Fsp3) is 0.480. The number of carbonyl (C=O) groups is 2. The fourth-order valence-corrected chi connectivity index (χ4v) is 3.30. The summed E-state index contributed by atoms with van der Waals surface area (Å²) in [6.07, 6.45) is 5.46. The Balaban J connectivity index is 1.92. The first-order valence-electron chi connectivity index (χ1n) is 11.0. The van der Waals surface area contributed by atoms with Gasteiger partial charge < -0.3 is 15.0 Å². The van der Waals surface area contributed by atoms with Gasteiger partial charge in [0.05, 0.1) is 12.5 Å². The predicted octanol–water partition coefficient (Wildman–Crippen LogP) is 4.91. The number of carbonyl (C=O) groups excluding carboxylic acids is 2. The molecule has 31 heavy (non-hydrogen) atoms. The maximum atomic E-state index is 12.8. The highest BCUT2D eigenvalue weighted by molar-refractivity contribution is 5.83. The van der Waals surface area contributed by atoms with Crippen LogP contribution in [0.1, 0.15) is 64.0 Å². The molecule has 6 heteroatoms. The van der Waals surface area contributed by atoms with Gasteiger partial charge in [0.15, 0.2) is 0 Å². The number of amides is 2. The normalized spacial score (nSPS) is 12.1. The quantitative estimate of drug-likeness (QED) is 0.549. The standard InChI is InChI=1S/C25H35N3O3/c1-5-11-22(21-13-7-6-8-14-21)23(29)27-16-10-17-28(24(30)31-25(2,3)4)19-20-12-9-15-26-18-20/h6-9,12-15,18,22H,5,10-11,16-17,19H2,1-4H3,(H,27,29). The molecule has 1 aromatic carbocycles. The molecule has 6 nitrogen and oxygen atoms in total. The molecule has 2 amide bonds. The van der Waals surface area contributed by atoms with E-state index in [0.29, 0.717) is 26.1 Å². The molecule has 0 radical (unpaired) electrons. The summed E-state index contributed by atoms with van der Waals surface area (Å²) in [5, 5.41) is 3.04. The van der Waals surface area contributed by atoms with Crippen molar-refractivity contribution in [3.05, 3.63) is 66.0 Å². The van der Waals surface area contributed by atoms with Crippen LogP contribution in [0.4, 0.5) is 4.79 Å². The van der Waals surface area contributed by atoms with Crippen LogP contribution in [0.2, 0.25) is 0 Å². The van der Waals surface area contributed by atoms with Crippen molar-refractivity contribution in [2.24, 2.45) is 0 Å². The Labute approximate surface area is 186 Å². The molecule has 0 saturated carbocycles. The highest BCUT2D eigenvalue weighted by atomic mass is 16.6. The van der Waals surface area contributed by atoms with Gasteiger partial charge in [-0.05, 0) is 50.8 Å². The summed E-state index contributed by atoms with van der Waals surface area (Å²) in [7, 11) is 0. The molecule has 0 spiro atoms. The monoisotopic (exact) mass is 425 g/mol. The van der Waals surface area contributed by atoms with Crippen LogP contribution >= 0.6 is 0 Å². The number of benzene rings is 1. The van der Waals surface area contributed by atoms with Gasteiger partial charge >= 0.3 is 6.09 Å². The lowest BCUT2D eigenvalue weighted by Crippen LogP contribution is -2.38. The van der Waals surface area contributed by atoms with Crippen molar-refractivity contribution in [1.82, 2.24) is 15.2 Å². The van der Waals surface area contributed by atoms with Gasteiger partial charge in [0, 0.05) is 25.5 Å². The molecule has 0 aliphatic rings. The molecule has 0 aliphatic carbocycles. The predicted molar refractivity (Wildman–Crippen MR) is 123 cm³/mol. The molecule has 168 valence electrons. The summed E-state index contributed by atoms with van der Waals surface area (Å²) < 4.78 is 5.56. The van der Waals surface area contributed by atoms with E-state index in [2.05, 4.69) is 17.2 Å². The van der Waals surface area contributed by atoms with Crippen LogP contribution in [-0.2, 0) is 16.1 Å². The third-order valence-electron chi connectivity index (χ3n) is 4.75. The summed E-state index contributed by atoms with van der Waals surface area (Å²) in [6.45, 7) is 9.03. The molecule has 1 unspecified atom stereocenters. The fourth-order valence-electron chi connectivity index (χ4n) is 3.30. The van der Waals surface area contributed by atoms with Gasteiger partial charge in [-0.25, -0.2) is 4.79 Å². The Bertz CT molecular complexity index is 804. The number of pyridine rings is 1. The Hall–Kier alpha value is -2.89. The van der Waals surface area contributed by atoms with E-state index in [0.717, 1.165) is 24.0 Å². The van der Waals surface area contributed by atoms with Gasteiger partial charge in [-0.3, -0.25) is 9.78 Å². The van der Waals surface area contributed by atoms with Crippen molar-refractivity contribution < 1.29 is 14.3 Å². The molecule has 0 fully saturated rings. The van der Waals surface area contributed by atoms with Crippen molar-refractivity contribution in [1.29, 1.82) is 0 Å². The number of rotatable bonds is 10. The van der Waals surface area contributed by atoms with Crippen LogP contribution < -0.4 is 5.32 Å². The molecule has 1 atom stereocenters. The maximum absolute atomic E-state index is 12.8. The topological polar surface area (TPSA) is 71.5 Å². The summed E-state index contributed by atoms with van der Waals surface area (Å²) in [4.78, 5) is 31.2. The van der Waals surface area contributed by atoms with Gasteiger partial charge in [0.1, 0.15) is 5.60 Å². The van der Waals surface area contributed by atoms with E-state index in [-0.39, 0.29) is 17.9 Å². The Morgan fingerprint density at radius 2 is 1.87 bits per heavy atom. The minimum atomic E-state index is -0.568. The summed E-state index contributed by atoms with van der Waals surface area (Å²) in [6, 6.07) is 13.7. The van der Waals surface area contributed by atoms with Gasteiger partial charge in [-0.1, -0.05) is 49.7 Å². The lowest BCUT2D eigenvalue weighted by Gasteiger charge is -2.27. The number of ether oxygens (including phenoxy) is 1. The minimum Gasteiger partial charge on any atom is -0.444 e. The molecule has 1 aromatic heterocycles. The van der Waals surface area contributed by atoms with E-state index in [1.807, 2.05) is 63.2 Å². The van der Waals surface area contributed by atoms with E-state index >= 15 is 0 Å². The molecule has 0 aliphatic heterocycles. The van der Waals surface area contributed by atoms with Gasteiger partial charge in [-0.15, -0.1) is 0 Å². The van der Waals surface area contributed by atoms with Crippen LogP contribution in [0, 0.1) is 0 Å². The summed E-state index contributed by atoms with van der Waals surface area (Å²) in [5.41, 5.74) is 1.40. The second-order valence-corrected chi connectivity index (χ2v) is 8.66. The molecular formula is C25H35N3O3. The van der Waals surface area contributed by atoms with Crippen molar-refractivity contribution in [2.45, 2.75) is 65.0 Å². The third kappa shape index (κ3) is 8.79. The zero-order chi connectivity index (χ0) is 22.7. The summed E-state index contributed by atoms with van der Waals surface area (Å²) in [5.74, 6) is -0.118. The zero-order valence-corrected chi connectivity index (χ0v) is 19.1. The highest BCUT2D eigenvalue weighted by Crippen LogP contribution is 2.21. The molecule has 0 bridgehead atoms. The van der Waals surface area contributed by atoms with Crippen LogP contribution in [0.3, 0.4) is 0 Å². The lowest BCUT2D eigenvalue weighted by atomic mass is 9.93. The molecule has 1 heterocycles. The van der Waals surface area contributed by atoms with E-state index < -0.39 is 5.60 Å². The summed E-state index contributed by atoms with van der Waals surface area (Å²) >= 11 is 0. The number of hydrogen-bond donors (Lipinski definition) is 1. The number of nitrogens with one attached hydrogen (secondary N) is 1. The second kappa shape index (κ2) is 12.1. The van der Waals surface area contributed by atoms with E-state index in [1.165, 1.54) is 0 Å². The largest absolute Gasteiger partial charge is 0.444 e. The Morgan fingerprint density at radius 1 is 1.13 bits per heavy atom. The third-order valence-corrected chi connectivity index (χ3v) is 4.75. The van der Waals surface area contributed by atoms with Crippen molar-refractivity contribution in [3.63, 3.8) is 0 Å². The highest BCUT2D eigenvalue weighted by Gasteiger charge is 2.23. The molecule has 0 saturated heterocycles. The molecule has 2 rings (SSSR count). The second-order valence-electron chi connectivity index (χ2n) is 8.66. The first kappa shape index (κ1) is 24.4. The number of hydrogen-bond acceptors (Lipinski definition) is 4. The first-order chi connectivity index (χ1) is 14.8. The van der Waals surface area contributed by atoms with Gasteiger partial charge in [-0.2, -0.15) is 0 Å². The van der Waals surface area contributed by atoms with Crippen molar-refractivity contribution in [3.8, 4) is 0 Å². The molecule has 1 N–H and O–H groups in total. The van der Waals surface area contributed by atoms with Crippen LogP contribution in [0.25, 0.3) is 0 Å². The average molecular weight is 426 g/mol. The Morgan fingerprint density at radius 3 is 2.48 bits per heavy atom. The van der Waals surface area contributed by atoms with Crippen molar-refractivity contribution in [2.75, 3.05) is 13.1 Å². The SMILES string of the molecule is CCCC(C(=O)NCCCN(Cc1cccnc1)C(=O)OC(C)(C)C)c1ccccc1. The van der Waals surface area contributed by atoms with Crippen LogP contribution in [0.5, 0.6) is 0 Å². The first-order valence-corrected chi connectivity index (χ1v) is 11.0. The zero-order valence-electron chi connectivity index (χ0n) is 19.1. The van der Waals surface area contributed by atoms with E-state index in [4.69, 9.17) is 4.74 Å². The van der Waals surface area contributed by atoms with E-state index in [1.54, 1.807) is 17.3 Å². The van der Waals surface area contributed by atoms with Gasteiger partial charge in [0.25, 0.3) is 0 Å². The lowest BCUT2D eigenvalue weighted by molar-refractivity contribution is -0.122. The molecular weight excluding hydrogens is 390 g/mol. The molecule has 2 aromatic rings. The van der Waals surface area contributed by atoms with Crippen LogP contribution in [-0.4, -0.2) is 40.6 Å². The van der Waals surface area contributed by atoms with Gasteiger partial charge in [0.2, 0.25) is 5.91 Å². The van der Waals surface area contributed by atoms with Crippen LogP contribution in [0.15, 0.2) is 54.9 Å².